The number of hydrazone groups is 1. The second kappa shape index (κ2) is 6.85. The van der Waals surface area contributed by atoms with Gasteiger partial charge in [0.1, 0.15) is 5.75 Å². The number of nitrogens with one attached hydrogen (secondary N) is 1. The lowest BCUT2D eigenvalue weighted by molar-refractivity contribution is 0.474. The molecular formula is C14H18BrN3OS. The summed E-state index contributed by atoms with van der Waals surface area (Å²) in [6.07, 6.45) is 1.58. The largest absolute Gasteiger partial charge is 0.507 e. The van der Waals surface area contributed by atoms with E-state index in [-0.39, 0.29) is 28.1 Å². The quantitative estimate of drug-likeness (QED) is 0.641. The fourth-order valence-corrected chi connectivity index (χ4v) is 2.31. The van der Waals surface area contributed by atoms with Gasteiger partial charge in [-0.3, -0.25) is 5.43 Å². The lowest BCUT2D eigenvalue weighted by atomic mass is 9.93. The van der Waals surface area contributed by atoms with Crippen LogP contribution in [0, 0.1) is 0 Å². The Morgan fingerprint density at radius 1 is 1.30 bits per heavy atom. The molecule has 1 heterocycles. The molecule has 0 aliphatic heterocycles. The SMILES string of the molecule is Br.CC(C)(C)c1csc(N/N=C/c2ccccc2O)n1. The van der Waals surface area contributed by atoms with E-state index < -0.39 is 0 Å². The summed E-state index contributed by atoms with van der Waals surface area (Å²) in [5.41, 5.74) is 4.63. The Morgan fingerprint density at radius 2 is 2.00 bits per heavy atom. The maximum atomic E-state index is 9.59. The highest BCUT2D eigenvalue weighted by Gasteiger charge is 2.17. The third-order valence-electron chi connectivity index (χ3n) is 2.57. The molecule has 6 heteroatoms. The topological polar surface area (TPSA) is 57.5 Å². The van der Waals surface area contributed by atoms with Crippen molar-refractivity contribution in [2.24, 2.45) is 5.10 Å². The normalized spacial score (nSPS) is 11.3. The van der Waals surface area contributed by atoms with Crippen LogP contribution in [0.2, 0.25) is 0 Å². The smallest absolute Gasteiger partial charge is 0.203 e. The van der Waals surface area contributed by atoms with Crippen LogP contribution in [0.25, 0.3) is 0 Å². The Kier molecular flexibility index (Phi) is 5.71. The number of nitrogens with zero attached hydrogens (tertiary/aromatic N) is 2. The maximum Gasteiger partial charge on any atom is 0.203 e. The van der Waals surface area contributed by atoms with Crippen molar-refractivity contribution in [1.29, 1.82) is 0 Å². The second-order valence-electron chi connectivity index (χ2n) is 5.22. The number of phenolic OH excluding ortho intramolecular Hbond substituents is 1. The van der Waals surface area contributed by atoms with Gasteiger partial charge in [0.05, 0.1) is 11.9 Å². The predicted octanol–water partition coefficient (Wildman–Crippen LogP) is 4.17. The zero-order chi connectivity index (χ0) is 13.9. The van der Waals surface area contributed by atoms with Gasteiger partial charge in [0, 0.05) is 16.4 Å². The molecule has 0 atom stereocenters. The van der Waals surface area contributed by atoms with Gasteiger partial charge in [-0.1, -0.05) is 32.9 Å². The van der Waals surface area contributed by atoms with Gasteiger partial charge in [0.25, 0.3) is 0 Å². The first-order chi connectivity index (χ1) is 8.97. The third-order valence-corrected chi connectivity index (χ3v) is 3.32. The van der Waals surface area contributed by atoms with E-state index in [4.69, 9.17) is 0 Å². The lowest BCUT2D eigenvalue weighted by Crippen LogP contribution is -2.11. The molecule has 0 aliphatic rings. The van der Waals surface area contributed by atoms with E-state index in [2.05, 4.69) is 36.3 Å². The van der Waals surface area contributed by atoms with Gasteiger partial charge in [0.2, 0.25) is 5.13 Å². The number of hydrogen-bond donors (Lipinski definition) is 2. The van der Waals surface area contributed by atoms with Gasteiger partial charge >= 0.3 is 0 Å². The van der Waals surface area contributed by atoms with Gasteiger partial charge in [0.15, 0.2) is 0 Å². The molecule has 0 unspecified atom stereocenters. The van der Waals surface area contributed by atoms with Crippen molar-refractivity contribution < 1.29 is 5.11 Å². The molecular weight excluding hydrogens is 338 g/mol. The molecule has 0 saturated carbocycles. The number of thiazole rings is 1. The molecule has 20 heavy (non-hydrogen) atoms. The Bertz CT molecular complexity index is 590. The zero-order valence-electron chi connectivity index (χ0n) is 11.6. The molecule has 0 saturated heterocycles. The van der Waals surface area contributed by atoms with Crippen molar-refractivity contribution in [2.45, 2.75) is 26.2 Å². The van der Waals surface area contributed by atoms with Crippen molar-refractivity contribution in [2.75, 3.05) is 5.43 Å². The summed E-state index contributed by atoms with van der Waals surface area (Å²) in [4.78, 5) is 4.47. The van der Waals surface area contributed by atoms with Crippen LogP contribution in [0.1, 0.15) is 32.0 Å². The molecule has 0 fully saturated rings. The maximum absolute atomic E-state index is 9.59. The molecule has 2 rings (SSSR count). The average molecular weight is 356 g/mol. The van der Waals surface area contributed by atoms with Crippen LogP contribution in [0.15, 0.2) is 34.7 Å². The zero-order valence-corrected chi connectivity index (χ0v) is 14.2. The number of aromatic nitrogens is 1. The molecule has 0 amide bonds. The number of halogens is 1. The highest BCUT2D eigenvalue weighted by molar-refractivity contribution is 8.93. The van der Waals surface area contributed by atoms with E-state index in [1.54, 1.807) is 24.4 Å². The summed E-state index contributed by atoms with van der Waals surface area (Å²) in [6.45, 7) is 6.37. The Labute approximate surface area is 133 Å². The molecule has 1 aromatic carbocycles. The van der Waals surface area contributed by atoms with Gasteiger partial charge in [-0.05, 0) is 12.1 Å². The number of phenols is 1. The van der Waals surface area contributed by atoms with E-state index in [0.717, 1.165) is 10.8 Å². The number of para-hydroxylation sites is 1. The predicted molar refractivity (Wildman–Crippen MR) is 90.5 cm³/mol. The minimum Gasteiger partial charge on any atom is -0.507 e. The first kappa shape index (κ1) is 16.7. The monoisotopic (exact) mass is 355 g/mol. The van der Waals surface area contributed by atoms with Crippen molar-refractivity contribution in [3.8, 4) is 5.75 Å². The molecule has 0 bridgehead atoms. The minimum atomic E-state index is 0. The van der Waals surface area contributed by atoms with Gasteiger partial charge in [-0.15, -0.1) is 28.3 Å². The average Bonchev–Trinajstić information content (AvgIpc) is 2.80. The first-order valence-electron chi connectivity index (χ1n) is 6.00. The van der Waals surface area contributed by atoms with Crippen LogP contribution in [0.4, 0.5) is 5.13 Å². The highest BCUT2D eigenvalue weighted by atomic mass is 79.9. The van der Waals surface area contributed by atoms with Crippen LogP contribution >= 0.6 is 28.3 Å². The molecule has 1 aromatic heterocycles. The molecule has 108 valence electrons. The fourth-order valence-electron chi connectivity index (χ4n) is 1.42. The van der Waals surface area contributed by atoms with E-state index in [0.29, 0.717) is 5.56 Å². The summed E-state index contributed by atoms with van der Waals surface area (Å²) < 4.78 is 0. The molecule has 0 radical (unpaired) electrons. The second-order valence-corrected chi connectivity index (χ2v) is 6.07. The summed E-state index contributed by atoms with van der Waals surface area (Å²) >= 11 is 1.52. The third kappa shape index (κ3) is 4.31. The van der Waals surface area contributed by atoms with Crippen LogP contribution in [0.3, 0.4) is 0 Å². The van der Waals surface area contributed by atoms with Crippen molar-refractivity contribution >= 4 is 39.7 Å². The van der Waals surface area contributed by atoms with Crippen LogP contribution < -0.4 is 5.43 Å². The van der Waals surface area contributed by atoms with E-state index in [1.165, 1.54) is 11.3 Å². The summed E-state index contributed by atoms with van der Waals surface area (Å²) in [7, 11) is 0. The molecule has 4 nitrogen and oxygen atoms in total. The van der Waals surface area contributed by atoms with Crippen molar-refractivity contribution in [1.82, 2.24) is 4.98 Å². The van der Waals surface area contributed by atoms with E-state index >= 15 is 0 Å². The Hall–Kier alpha value is -1.40. The van der Waals surface area contributed by atoms with Crippen LogP contribution in [0.5, 0.6) is 5.75 Å². The number of rotatable bonds is 3. The van der Waals surface area contributed by atoms with E-state index in [1.807, 2.05) is 11.4 Å². The van der Waals surface area contributed by atoms with Crippen molar-refractivity contribution in [3.05, 3.63) is 40.9 Å². The highest BCUT2D eigenvalue weighted by Crippen LogP contribution is 2.26. The standard InChI is InChI=1S/C14H17N3OS.BrH/c1-14(2,3)12-9-19-13(16-12)17-15-8-10-6-4-5-7-11(10)18;/h4-9,18H,1-3H3,(H,16,17);1H/b15-8+;. The number of benzene rings is 1. The van der Waals surface area contributed by atoms with Crippen molar-refractivity contribution in [3.63, 3.8) is 0 Å². The number of hydrogen-bond acceptors (Lipinski definition) is 5. The first-order valence-corrected chi connectivity index (χ1v) is 6.88. The molecule has 2 aromatic rings. The summed E-state index contributed by atoms with van der Waals surface area (Å²) in [5, 5.41) is 16.4. The van der Waals surface area contributed by atoms with Gasteiger partial charge in [-0.25, -0.2) is 4.98 Å². The van der Waals surface area contributed by atoms with Gasteiger partial charge in [-0.2, -0.15) is 5.10 Å². The Balaban J connectivity index is 0.00000200. The van der Waals surface area contributed by atoms with Gasteiger partial charge < -0.3 is 5.11 Å². The molecule has 2 N–H and O–H groups in total. The number of aromatic hydroxyl groups is 1. The molecule has 0 aliphatic carbocycles. The fraction of sp³-hybridized carbons (Fsp3) is 0.286. The van der Waals surface area contributed by atoms with Crippen LogP contribution in [-0.4, -0.2) is 16.3 Å². The van der Waals surface area contributed by atoms with E-state index in [9.17, 15) is 5.11 Å². The minimum absolute atomic E-state index is 0. The lowest BCUT2D eigenvalue weighted by Gasteiger charge is -2.13. The Morgan fingerprint density at radius 3 is 2.60 bits per heavy atom. The number of anilines is 1. The summed E-state index contributed by atoms with van der Waals surface area (Å²) in [6, 6.07) is 7.05. The summed E-state index contributed by atoms with van der Waals surface area (Å²) in [5.74, 6) is 0.211. The molecule has 0 spiro atoms. The van der Waals surface area contributed by atoms with Crippen LogP contribution in [-0.2, 0) is 5.41 Å².